The van der Waals surface area contributed by atoms with Gasteiger partial charge in [-0.1, -0.05) is 0 Å². The summed E-state index contributed by atoms with van der Waals surface area (Å²) in [5, 5.41) is 11.6. The van der Waals surface area contributed by atoms with E-state index in [1.165, 1.54) is 0 Å². The van der Waals surface area contributed by atoms with E-state index in [0.29, 0.717) is 6.54 Å². The maximum atomic E-state index is 12.2. The van der Waals surface area contributed by atoms with Gasteiger partial charge in [0, 0.05) is 25.3 Å². The summed E-state index contributed by atoms with van der Waals surface area (Å²) in [7, 11) is 0. The molecule has 0 spiro atoms. The van der Waals surface area contributed by atoms with Crippen molar-refractivity contribution in [2.75, 3.05) is 13.1 Å². The molecule has 0 radical (unpaired) electrons. The predicted octanol–water partition coefficient (Wildman–Crippen LogP) is 0.943. The zero-order valence-electron chi connectivity index (χ0n) is 13.3. The molecule has 0 aromatic heterocycles. The van der Waals surface area contributed by atoms with Crippen molar-refractivity contribution >= 4 is 11.9 Å². The standard InChI is InChI=1S/C17H23NO5/c1-17-8-6-4-2-3-5-7-11-12(9-18-10-13(19)20)16(21)22-14(11)15(17)23-17/h11-12,14-15,18H,4-10H2,1H3,(H,19,20)/t11-,12-,14-,15-,17+/m0/s1. The fourth-order valence-corrected chi connectivity index (χ4v) is 3.75. The molecule has 2 heterocycles. The van der Waals surface area contributed by atoms with Gasteiger partial charge in [-0.15, -0.1) is 11.8 Å². The SMILES string of the molecule is C[C@@]12CCCC#CCC[C@@H]3[C@H](OC(=O)[C@H]3CNCC(=O)O)[C@@H]1O2. The second kappa shape index (κ2) is 6.50. The Morgan fingerprint density at radius 2 is 2.22 bits per heavy atom. The summed E-state index contributed by atoms with van der Waals surface area (Å²) < 4.78 is 11.5. The third kappa shape index (κ3) is 3.51. The number of esters is 1. The number of nitrogens with one attached hydrogen (secondary N) is 1. The summed E-state index contributed by atoms with van der Waals surface area (Å²) in [4.78, 5) is 22.9. The molecule has 2 N–H and O–H groups in total. The van der Waals surface area contributed by atoms with E-state index >= 15 is 0 Å². The highest BCUT2D eigenvalue weighted by Crippen LogP contribution is 2.49. The lowest BCUT2D eigenvalue weighted by molar-refractivity contribution is -0.145. The molecule has 2 saturated heterocycles. The third-order valence-corrected chi connectivity index (χ3v) is 5.08. The van der Waals surface area contributed by atoms with E-state index in [1.807, 2.05) is 0 Å². The van der Waals surface area contributed by atoms with Crippen molar-refractivity contribution in [3.05, 3.63) is 0 Å². The highest BCUT2D eigenvalue weighted by molar-refractivity contribution is 5.76. The van der Waals surface area contributed by atoms with E-state index in [9.17, 15) is 9.59 Å². The van der Waals surface area contributed by atoms with Crippen molar-refractivity contribution in [3.63, 3.8) is 0 Å². The normalized spacial score (nSPS) is 39.1. The number of fused-ring (bicyclic) bond motifs is 3. The number of hydrogen-bond acceptors (Lipinski definition) is 5. The average molecular weight is 321 g/mol. The number of carboxylic acids is 1. The summed E-state index contributed by atoms with van der Waals surface area (Å²) in [6, 6.07) is 0. The van der Waals surface area contributed by atoms with Gasteiger partial charge in [-0.3, -0.25) is 9.59 Å². The molecule has 1 aliphatic carbocycles. The molecule has 2 aliphatic heterocycles. The Morgan fingerprint density at radius 1 is 1.43 bits per heavy atom. The van der Waals surface area contributed by atoms with Crippen LogP contribution < -0.4 is 5.32 Å². The quantitative estimate of drug-likeness (QED) is 0.455. The van der Waals surface area contributed by atoms with Gasteiger partial charge in [0.05, 0.1) is 18.1 Å². The molecule has 3 aliphatic rings. The first-order chi connectivity index (χ1) is 11.0. The van der Waals surface area contributed by atoms with E-state index in [4.69, 9.17) is 14.6 Å². The van der Waals surface area contributed by atoms with Crippen molar-refractivity contribution in [2.45, 2.75) is 56.8 Å². The largest absolute Gasteiger partial charge is 0.480 e. The smallest absolute Gasteiger partial charge is 0.317 e. The van der Waals surface area contributed by atoms with E-state index in [0.717, 1.165) is 32.1 Å². The highest BCUT2D eigenvalue weighted by atomic mass is 16.6. The van der Waals surface area contributed by atoms with Crippen molar-refractivity contribution < 1.29 is 24.2 Å². The van der Waals surface area contributed by atoms with E-state index in [-0.39, 0.29) is 42.2 Å². The average Bonchev–Trinajstić information content (AvgIpc) is 3.06. The second-order valence-electron chi connectivity index (χ2n) is 6.79. The topological polar surface area (TPSA) is 88.2 Å². The molecule has 126 valence electrons. The van der Waals surface area contributed by atoms with Crippen molar-refractivity contribution in [1.82, 2.24) is 5.32 Å². The van der Waals surface area contributed by atoms with Crippen LogP contribution in [-0.2, 0) is 19.1 Å². The Labute approximate surface area is 135 Å². The van der Waals surface area contributed by atoms with Crippen molar-refractivity contribution in [2.24, 2.45) is 11.8 Å². The molecule has 0 aromatic carbocycles. The van der Waals surface area contributed by atoms with Gasteiger partial charge in [0.1, 0.15) is 12.2 Å². The number of epoxide rings is 1. The molecule has 5 atom stereocenters. The third-order valence-electron chi connectivity index (χ3n) is 5.08. The molecular formula is C17H23NO5. The maximum Gasteiger partial charge on any atom is 0.317 e. The lowest BCUT2D eigenvalue weighted by Gasteiger charge is -2.20. The van der Waals surface area contributed by atoms with Crippen LogP contribution in [0.25, 0.3) is 0 Å². The zero-order chi connectivity index (χ0) is 16.4. The minimum atomic E-state index is -0.931. The number of aliphatic carboxylic acids is 1. The van der Waals surface area contributed by atoms with Crippen LogP contribution in [0, 0.1) is 23.7 Å². The lowest BCUT2D eigenvalue weighted by atomic mass is 9.82. The fraction of sp³-hybridized carbons (Fsp3) is 0.765. The molecule has 6 heteroatoms. The van der Waals surface area contributed by atoms with Gasteiger partial charge < -0.3 is 19.9 Å². The number of carbonyl (C=O) groups is 2. The van der Waals surface area contributed by atoms with E-state index in [1.54, 1.807) is 0 Å². The van der Waals surface area contributed by atoms with Gasteiger partial charge in [-0.25, -0.2) is 0 Å². The van der Waals surface area contributed by atoms with Crippen LogP contribution in [0.5, 0.6) is 0 Å². The summed E-state index contributed by atoms with van der Waals surface area (Å²) in [6.45, 7) is 2.24. The molecule has 23 heavy (non-hydrogen) atoms. The fourth-order valence-electron chi connectivity index (χ4n) is 3.75. The van der Waals surface area contributed by atoms with Crippen molar-refractivity contribution in [3.8, 4) is 11.8 Å². The molecule has 0 saturated carbocycles. The molecule has 3 rings (SSSR count). The predicted molar refractivity (Wildman–Crippen MR) is 81.5 cm³/mol. The van der Waals surface area contributed by atoms with Gasteiger partial charge >= 0.3 is 11.9 Å². The Morgan fingerprint density at radius 3 is 3.00 bits per heavy atom. The molecule has 0 amide bonds. The molecule has 0 unspecified atom stereocenters. The van der Waals surface area contributed by atoms with Crippen LogP contribution in [-0.4, -0.2) is 47.9 Å². The number of ether oxygens (including phenoxy) is 2. The number of carbonyl (C=O) groups excluding carboxylic acids is 1. The van der Waals surface area contributed by atoms with Crippen LogP contribution in [0.2, 0.25) is 0 Å². The number of carboxylic acid groups (broad SMARTS) is 1. The minimum absolute atomic E-state index is 0.0306. The van der Waals surface area contributed by atoms with Gasteiger partial charge in [0.25, 0.3) is 0 Å². The molecule has 0 bridgehead atoms. The first-order valence-electron chi connectivity index (χ1n) is 8.28. The van der Waals surface area contributed by atoms with Gasteiger partial charge in [0.2, 0.25) is 0 Å². The van der Waals surface area contributed by atoms with E-state index < -0.39 is 5.97 Å². The molecule has 0 aromatic rings. The van der Waals surface area contributed by atoms with Crippen molar-refractivity contribution in [1.29, 1.82) is 0 Å². The molecular weight excluding hydrogens is 298 g/mol. The first kappa shape index (κ1) is 16.3. The zero-order valence-corrected chi connectivity index (χ0v) is 13.3. The summed E-state index contributed by atoms with van der Waals surface area (Å²) >= 11 is 0. The first-order valence-corrected chi connectivity index (χ1v) is 8.28. The van der Waals surface area contributed by atoms with Crippen LogP contribution in [0.3, 0.4) is 0 Å². The van der Waals surface area contributed by atoms with Crippen LogP contribution >= 0.6 is 0 Å². The van der Waals surface area contributed by atoms with Crippen LogP contribution in [0.15, 0.2) is 0 Å². The summed E-state index contributed by atoms with van der Waals surface area (Å²) in [5.41, 5.74) is -0.210. The highest BCUT2D eigenvalue weighted by Gasteiger charge is 2.62. The Balaban J connectivity index is 1.71. The summed E-state index contributed by atoms with van der Waals surface area (Å²) in [6.07, 6.45) is 4.03. The Kier molecular flexibility index (Phi) is 4.60. The minimum Gasteiger partial charge on any atom is -0.480 e. The monoisotopic (exact) mass is 321 g/mol. The maximum absolute atomic E-state index is 12.2. The second-order valence-corrected chi connectivity index (χ2v) is 6.79. The van der Waals surface area contributed by atoms with Crippen LogP contribution in [0.1, 0.15) is 39.0 Å². The Bertz CT molecular complexity index is 551. The number of hydrogen-bond donors (Lipinski definition) is 2. The lowest BCUT2D eigenvalue weighted by Crippen LogP contribution is -2.35. The van der Waals surface area contributed by atoms with E-state index in [2.05, 4.69) is 24.1 Å². The molecule has 6 nitrogen and oxygen atoms in total. The van der Waals surface area contributed by atoms with Crippen LogP contribution in [0.4, 0.5) is 0 Å². The van der Waals surface area contributed by atoms with Gasteiger partial charge in [0.15, 0.2) is 0 Å². The number of rotatable bonds is 4. The molecule has 2 fully saturated rings. The Hall–Kier alpha value is -1.58. The van der Waals surface area contributed by atoms with Gasteiger partial charge in [-0.2, -0.15) is 0 Å². The summed E-state index contributed by atoms with van der Waals surface area (Å²) in [5.74, 6) is 4.88. The van der Waals surface area contributed by atoms with Gasteiger partial charge in [-0.05, 0) is 26.2 Å².